The molecule has 0 atom stereocenters. The van der Waals surface area contributed by atoms with Crippen molar-refractivity contribution >= 4 is 12.0 Å². The number of nitrogens with zero attached hydrogens (tertiary/aromatic N) is 1. The molecular formula is C23H21NO2. The molecule has 130 valence electrons. The van der Waals surface area contributed by atoms with Gasteiger partial charge in [0.15, 0.2) is 0 Å². The van der Waals surface area contributed by atoms with Gasteiger partial charge in [-0.15, -0.1) is 0 Å². The van der Waals surface area contributed by atoms with Gasteiger partial charge >= 0.3 is 5.97 Å². The number of ether oxygens (including phenoxy) is 1. The third-order valence-electron chi connectivity index (χ3n) is 4.07. The molecule has 0 fully saturated rings. The lowest BCUT2D eigenvalue weighted by Gasteiger charge is -2.04. The maximum atomic E-state index is 11.8. The minimum atomic E-state index is -0.379. The maximum absolute atomic E-state index is 11.8. The molecule has 0 aliphatic rings. The van der Waals surface area contributed by atoms with Crippen LogP contribution >= 0.6 is 0 Å². The molecule has 0 saturated carbocycles. The fraction of sp³-hybridized carbons (Fsp3) is 0.130. The van der Waals surface area contributed by atoms with Gasteiger partial charge < -0.3 is 4.74 Å². The third kappa shape index (κ3) is 4.90. The van der Waals surface area contributed by atoms with E-state index in [0.29, 0.717) is 0 Å². The van der Waals surface area contributed by atoms with Crippen LogP contribution in [-0.2, 0) is 22.6 Å². The lowest BCUT2D eigenvalue weighted by molar-refractivity contribution is -0.138. The molecule has 0 radical (unpaired) electrons. The minimum absolute atomic E-state index is 0.268. The topological polar surface area (TPSA) is 39.2 Å². The van der Waals surface area contributed by atoms with Gasteiger partial charge in [-0.2, -0.15) is 0 Å². The maximum Gasteiger partial charge on any atom is 0.331 e. The average Bonchev–Trinajstić information content (AvgIpc) is 2.72. The zero-order chi connectivity index (χ0) is 18.2. The van der Waals surface area contributed by atoms with Crippen molar-refractivity contribution in [1.82, 2.24) is 4.98 Å². The normalized spacial score (nSPS) is 10.8. The van der Waals surface area contributed by atoms with Gasteiger partial charge in [0.2, 0.25) is 0 Å². The second kappa shape index (κ2) is 8.77. The predicted octanol–water partition coefficient (Wildman–Crippen LogP) is 5.07. The van der Waals surface area contributed by atoms with E-state index in [1.54, 1.807) is 6.08 Å². The van der Waals surface area contributed by atoms with Crippen molar-refractivity contribution in [1.29, 1.82) is 0 Å². The number of rotatable bonds is 6. The summed E-state index contributed by atoms with van der Waals surface area (Å²) in [6.07, 6.45) is 5.90. The average molecular weight is 343 g/mol. The molecule has 0 saturated heterocycles. The lowest BCUT2D eigenvalue weighted by atomic mass is 10.0. The summed E-state index contributed by atoms with van der Waals surface area (Å²) in [5.41, 5.74) is 5.19. The Kier molecular flexibility index (Phi) is 5.94. The summed E-state index contributed by atoms with van der Waals surface area (Å²) in [5.74, 6) is -0.379. The first kappa shape index (κ1) is 17.6. The van der Waals surface area contributed by atoms with Crippen LogP contribution in [0.3, 0.4) is 0 Å². The number of aryl methyl sites for hydroxylation is 1. The first-order valence-electron chi connectivity index (χ1n) is 8.69. The van der Waals surface area contributed by atoms with Crippen molar-refractivity contribution in [2.45, 2.75) is 20.0 Å². The number of carbonyl (C=O) groups excluding carboxylic acids is 1. The highest BCUT2D eigenvalue weighted by Crippen LogP contribution is 2.20. The molecule has 1 aromatic heterocycles. The molecule has 0 bridgehead atoms. The van der Waals surface area contributed by atoms with Gasteiger partial charge in [0.1, 0.15) is 6.61 Å². The van der Waals surface area contributed by atoms with Crippen LogP contribution in [0.5, 0.6) is 0 Å². The first-order chi connectivity index (χ1) is 12.7. The predicted molar refractivity (Wildman–Crippen MR) is 104 cm³/mol. The number of benzene rings is 2. The summed E-state index contributed by atoms with van der Waals surface area (Å²) in [7, 11) is 0. The standard InChI is InChI=1S/C23H21NO2/c1-2-18-9-6-10-20(15-18)21-11-12-22(24-16-21)13-14-23(25)26-17-19-7-4-3-5-8-19/h3-16H,2,17H2,1H3/b14-13+. The fourth-order valence-electron chi connectivity index (χ4n) is 2.58. The molecule has 0 unspecified atom stereocenters. The molecule has 3 rings (SSSR count). The SMILES string of the molecule is CCc1cccc(-c2ccc(/C=C/C(=O)OCc3ccccc3)nc2)c1. The van der Waals surface area contributed by atoms with E-state index in [1.165, 1.54) is 11.6 Å². The molecule has 3 aromatic rings. The van der Waals surface area contributed by atoms with Gasteiger partial charge in [-0.1, -0.05) is 67.6 Å². The number of hydrogen-bond acceptors (Lipinski definition) is 3. The van der Waals surface area contributed by atoms with E-state index in [1.807, 2.05) is 48.7 Å². The van der Waals surface area contributed by atoms with Crippen LogP contribution in [0.4, 0.5) is 0 Å². The molecular weight excluding hydrogens is 322 g/mol. The zero-order valence-electron chi connectivity index (χ0n) is 14.8. The Morgan fingerprint density at radius 1 is 0.962 bits per heavy atom. The smallest absolute Gasteiger partial charge is 0.331 e. The Morgan fingerprint density at radius 2 is 1.77 bits per heavy atom. The third-order valence-corrected chi connectivity index (χ3v) is 4.07. The quantitative estimate of drug-likeness (QED) is 0.463. The van der Waals surface area contributed by atoms with Crippen LogP contribution in [0.25, 0.3) is 17.2 Å². The molecule has 2 aromatic carbocycles. The van der Waals surface area contributed by atoms with Crippen LogP contribution in [0.15, 0.2) is 79.0 Å². The molecule has 3 heteroatoms. The van der Waals surface area contributed by atoms with Crippen molar-refractivity contribution in [2.75, 3.05) is 0 Å². The van der Waals surface area contributed by atoms with E-state index in [0.717, 1.165) is 28.8 Å². The Morgan fingerprint density at radius 3 is 2.50 bits per heavy atom. The van der Waals surface area contributed by atoms with Crippen molar-refractivity contribution in [3.8, 4) is 11.1 Å². The van der Waals surface area contributed by atoms with Crippen LogP contribution in [0.2, 0.25) is 0 Å². The van der Waals surface area contributed by atoms with E-state index in [-0.39, 0.29) is 12.6 Å². The largest absolute Gasteiger partial charge is 0.458 e. The van der Waals surface area contributed by atoms with E-state index < -0.39 is 0 Å². The summed E-state index contributed by atoms with van der Waals surface area (Å²) in [4.78, 5) is 16.2. The number of pyridine rings is 1. The summed E-state index contributed by atoms with van der Waals surface area (Å²) < 4.78 is 5.21. The molecule has 0 aliphatic heterocycles. The van der Waals surface area contributed by atoms with Gasteiger partial charge in [-0.25, -0.2) is 4.79 Å². The number of esters is 1. The second-order valence-corrected chi connectivity index (χ2v) is 5.95. The van der Waals surface area contributed by atoms with Crippen LogP contribution in [0, 0.1) is 0 Å². The van der Waals surface area contributed by atoms with Crippen LogP contribution < -0.4 is 0 Å². The molecule has 0 amide bonds. The highest BCUT2D eigenvalue weighted by Gasteiger charge is 2.01. The summed E-state index contributed by atoms with van der Waals surface area (Å²) in [6.45, 7) is 2.41. The Bertz CT molecular complexity index is 884. The van der Waals surface area contributed by atoms with Crippen LogP contribution in [0.1, 0.15) is 23.7 Å². The van der Waals surface area contributed by atoms with Gasteiger partial charge in [0, 0.05) is 17.8 Å². The van der Waals surface area contributed by atoms with E-state index in [2.05, 4.69) is 36.2 Å². The van der Waals surface area contributed by atoms with Gasteiger partial charge in [0.25, 0.3) is 0 Å². The molecule has 0 N–H and O–H groups in total. The number of aromatic nitrogens is 1. The Balaban J connectivity index is 1.59. The van der Waals surface area contributed by atoms with Crippen molar-refractivity contribution in [2.24, 2.45) is 0 Å². The van der Waals surface area contributed by atoms with Gasteiger partial charge in [-0.05, 0) is 35.3 Å². The monoisotopic (exact) mass is 343 g/mol. The minimum Gasteiger partial charge on any atom is -0.458 e. The molecule has 1 heterocycles. The van der Waals surface area contributed by atoms with Gasteiger partial charge in [-0.3, -0.25) is 4.98 Å². The summed E-state index contributed by atoms with van der Waals surface area (Å²) in [6, 6.07) is 21.9. The number of hydrogen-bond donors (Lipinski definition) is 0. The summed E-state index contributed by atoms with van der Waals surface area (Å²) >= 11 is 0. The van der Waals surface area contributed by atoms with Crippen molar-refractivity contribution in [3.05, 3.63) is 95.8 Å². The fourth-order valence-corrected chi connectivity index (χ4v) is 2.58. The first-order valence-corrected chi connectivity index (χ1v) is 8.69. The second-order valence-electron chi connectivity index (χ2n) is 5.95. The molecule has 3 nitrogen and oxygen atoms in total. The highest BCUT2D eigenvalue weighted by atomic mass is 16.5. The highest BCUT2D eigenvalue weighted by molar-refractivity contribution is 5.86. The van der Waals surface area contributed by atoms with Crippen LogP contribution in [-0.4, -0.2) is 11.0 Å². The Labute approximate surface area is 154 Å². The molecule has 26 heavy (non-hydrogen) atoms. The molecule has 0 aliphatic carbocycles. The van der Waals surface area contributed by atoms with E-state index in [4.69, 9.17) is 4.74 Å². The van der Waals surface area contributed by atoms with E-state index >= 15 is 0 Å². The lowest BCUT2D eigenvalue weighted by Crippen LogP contribution is -2.00. The van der Waals surface area contributed by atoms with Crippen molar-refractivity contribution in [3.63, 3.8) is 0 Å². The van der Waals surface area contributed by atoms with Crippen molar-refractivity contribution < 1.29 is 9.53 Å². The zero-order valence-corrected chi connectivity index (χ0v) is 14.8. The number of carbonyl (C=O) groups is 1. The molecule has 0 spiro atoms. The Hall–Kier alpha value is -3.20. The summed E-state index contributed by atoms with van der Waals surface area (Å²) in [5, 5.41) is 0. The van der Waals surface area contributed by atoms with Gasteiger partial charge in [0.05, 0.1) is 5.69 Å². The van der Waals surface area contributed by atoms with E-state index in [9.17, 15) is 4.79 Å².